The molecule has 0 aromatic heterocycles. The lowest BCUT2D eigenvalue weighted by Gasteiger charge is -2.30. The van der Waals surface area contributed by atoms with Gasteiger partial charge >= 0.3 is 0 Å². The Bertz CT molecular complexity index is 573. The monoisotopic (exact) mass is 508 g/mol. The SMILES string of the molecule is CCNC(=NCC(CC)Oc1ccccc1Cl)NCC1CCCN(C)C1.I. The first-order valence-electron chi connectivity index (χ1n) is 9.74. The molecular formula is C20H34ClIN4O. The number of guanidine groups is 1. The van der Waals surface area contributed by atoms with Crippen LogP contribution in [0.1, 0.15) is 33.1 Å². The zero-order chi connectivity index (χ0) is 18.8. The van der Waals surface area contributed by atoms with Gasteiger partial charge in [-0.15, -0.1) is 24.0 Å². The lowest BCUT2D eigenvalue weighted by molar-refractivity contribution is 0.205. The molecule has 0 radical (unpaired) electrons. The average Bonchev–Trinajstić information content (AvgIpc) is 2.64. The number of ether oxygens (including phenoxy) is 1. The van der Waals surface area contributed by atoms with Crippen molar-refractivity contribution in [1.82, 2.24) is 15.5 Å². The Morgan fingerprint density at radius 2 is 2.11 bits per heavy atom. The molecule has 2 atom stereocenters. The Morgan fingerprint density at radius 1 is 1.33 bits per heavy atom. The van der Waals surface area contributed by atoms with Gasteiger partial charge in [0.15, 0.2) is 5.96 Å². The Hall–Kier alpha value is -0.730. The predicted molar refractivity (Wildman–Crippen MR) is 126 cm³/mol. The minimum absolute atomic E-state index is 0. The molecule has 1 aromatic carbocycles. The normalized spacial score (nSPS) is 19.1. The van der Waals surface area contributed by atoms with E-state index in [0.29, 0.717) is 17.5 Å². The molecule has 1 aromatic rings. The van der Waals surface area contributed by atoms with Gasteiger partial charge < -0.3 is 20.3 Å². The minimum Gasteiger partial charge on any atom is -0.487 e. The third-order valence-corrected chi connectivity index (χ3v) is 4.98. The van der Waals surface area contributed by atoms with Crippen LogP contribution in [-0.2, 0) is 0 Å². The number of para-hydroxylation sites is 1. The quantitative estimate of drug-likeness (QED) is 0.316. The van der Waals surface area contributed by atoms with Crippen LogP contribution < -0.4 is 15.4 Å². The second-order valence-electron chi connectivity index (χ2n) is 6.95. The molecule has 5 nitrogen and oxygen atoms in total. The lowest BCUT2D eigenvalue weighted by Crippen LogP contribution is -2.44. The van der Waals surface area contributed by atoms with Crippen LogP contribution in [0.25, 0.3) is 0 Å². The summed E-state index contributed by atoms with van der Waals surface area (Å²) in [7, 11) is 2.20. The number of likely N-dealkylation sites (tertiary alicyclic amines) is 1. The number of halogens is 2. The second-order valence-corrected chi connectivity index (χ2v) is 7.36. The van der Waals surface area contributed by atoms with Crippen molar-refractivity contribution >= 4 is 41.5 Å². The fourth-order valence-electron chi connectivity index (χ4n) is 3.19. The van der Waals surface area contributed by atoms with E-state index in [9.17, 15) is 0 Å². The number of nitrogens with zero attached hydrogens (tertiary/aromatic N) is 2. The molecular weight excluding hydrogens is 475 g/mol. The van der Waals surface area contributed by atoms with Crippen molar-refractivity contribution in [3.8, 4) is 5.75 Å². The number of aliphatic imine (C=N–C) groups is 1. The molecule has 154 valence electrons. The van der Waals surface area contributed by atoms with Crippen molar-refractivity contribution in [2.75, 3.05) is 39.8 Å². The van der Waals surface area contributed by atoms with Crippen molar-refractivity contribution in [3.05, 3.63) is 29.3 Å². The number of benzene rings is 1. The molecule has 0 bridgehead atoms. The molecule has 2 rings (SSSR count). The van der Waals surface area contributed by atoms with Crippen LogP contribution in [0.15, 0.2) is 29.3 Å². The summed E-state index contributed by atoms with van der Waals surface area (Å²) in [6.45, 7) is 8.96. The lowest BCUT2D eigenvalue weighted by atomic mass is 9.99. The maximum Gasteiger partial charge on any atom is 0.191 e. The maximum absolute atomic E-state index is 6.20. The summed E-state index contributed by atoms with van der Waals surface area (Å²) < 4.78 is 6.03. The van der Waals surface area contributed by atoms with Crippen LogP contribution in [0.3, 0.4) is 0 Å². The Kier molecular flexibility index (Phi) is 12.1. The summed E-state index contributed by atoms with van der Waals surface area (Å²) >= 11 is 6.20. The van der Waals surface area contributed by atoms with Crippen LogP contribution >= 0.6 is 35.6 Å². The maximum atomic E-state index is 6.20. The van der Waals surface area contributed by atoms with E-state index in [1.807, 2.05) is 24.3 Å². The molecule has 27 heavy (non-hydrogen) atoms. The molecule has 0 amide bonds. The molecule has 1 aliphatic rings. The first-order valence-corrected chi connectivity index (χ1v) is 10.1. The third kappa shape index (κ3) is 8.87. The van der Waals surface area contributed by atoms with E-state index in [0.717, 1.165) is 37.8 Å². The van der Waals surface area contributed by atoms with Crippen molar-refractivity contribution in [3.63, 3.8) is 0 Å². The predicted octanol–water partition coefficient (Wildman–Crippen LogP) is 4.01. The molecule has 0 spiro atoms. The van der Waals surface area contributed by atoms with Gasteiger partial charge in [-0.25, -0.2) is 4.99 Å². The van der Waals surface area contributed by atoms with Gasteiger partial charge in [0.25, 0.3) is 0 Å². The minimum atomic E-state index is 0. The van der Waals surface area contributed by atoms with Crippen molar-refractivity contribution in [2.24, 2.45) is 10.9 Å². The van der Waals surface area contributed by atoms with Gasteiger partial charge in [-0.05, 0) is 57.8 Å². The van der Waals surface area contributed by atoms with Gasteiger partial charge in [0, 0.05) is 19.6 Å². The number of hydrogen-bond donors (Lipinski definition) is 2. The molecule has 2 unspecified atom stereocenters. The summed E-state index contributed by atoms with van der Waals surface area (Å²) in [6, 6.07) is 7.59. The highest BCUT2D eigenvalue weighted by Crippen LogP contribution is 2.24. The van der Waals surface area contributed by atoms with Crippen LogP contribution in [0.2, 0.25) is 5.02 Å². The molecule has 1 fully saturated rings. The highest BCUT2D eigenvalue weighted by atomic mass is 127. The zero-order valence-electron chi connectivity index (χ0n) is 16.7. The van der Waals surface area contributed by atoms with Crippen molar-refractivity contribution < 1.29 is 4.74 Å². The topological polar surface area (TPSA) is 48.9 Å². The summed E-state index contributed by atoms with van der Waals surface area (Å²) in [5.74, 6) is 2.26. The molecule has 1 heterocycles. The first-order chi connectivity index (χ1) is 12.6. The number of piperidine rings is 1. The Labute approximate surface area is 186 Å². The van der Waals surface area contributed by atoms with E-state index in [4.69, 9.17) is 21.3 Å². The largest absolute Gasteiger partial charge is 0.487 e. The van der Waals surface area contributed by atoms with Crippen LogP contribution in [-0.4, -0.2) is 56.7 Å². The Morgan fingerprint density at radius 3 is 2.78 bits per heavy atom. The zero-order valence-corrected chi connectivity index (χ0v) is 19.8. The van der Waals surface area contributed by atoms with Crippen LogP contribution in [0.5, 0.6) is 5.75 Å². The fourth-order valence-corrected chi connectivity index (χ4v) is 3.37. The highest BCUT2D eigenvalue weighted by molar-refractivity contribution is 14.0. The second kappa shape index (κ2) is 13.4. The van der Waals surface area contributed by atoms with E-state index >= 15 is 0 Å². The van der Waals surface area contributed by atoms with Crippen molar-refractivity contribution in [2.45, 2.75) is 39.2 Å². The average molecular weight is 509 g/mol. The number of hydrogen-bond acceptors (Lipinski definition) is 3. The first kappa shape index (κ1) is 24.3. The van der Waals surface area contributed by atoms with E-state index in [2.05, 4.69) is 36.4 Å². The van der Waals surface area contributed by atoms with E-state index in [-0.39, 0.29) is 30.1 Å². The molecule has 7 heteroatoms. The smallest absolute Gasteiger partial charge is 0.191 e. The summed E-state index contributed by atoms with van der Waals surface area (Å²) in [5.41, 5.74) is 0. The van der Waals surface area contributed by atoms with E-state index in [1.165, 1.54) is 19.4 Å². The van der Waals surface area contributed by atoms with Gasteiger partial charge in [0.1, 0.15) is 11.9 Å². The summed E-state index contributed by atoms with van der Waals surface area (Å²) in [4.78, 5) is 7.13. The third-order valence-electron chi connectivity index (χ3n) is 4.66. The number of rotatable bonds is 8. The van der Waals surface area contributed by atoms with Crippen molar-refractivity contribution in [1.29, 1.82) is 0 Å². The van der Waals surface area contributed by atoms with Crippen LogP contribution in [0, 0.1) is 5.92 Å². The van der Waals surface area contributed by atoms with E-state index < -0.39 is 0 Å². The van der Waals surface area contributed by atoms with Gasteiger partial charge in [-0.1, -0.05) is 30.7 Å². The van der Waals surface area contributed by atoms with Crippen LogP contribution in [0.4, 0.5) is 0 Å². The molecule has 2 N–H and O–H groups in total. The molecule has 1 saturated heterocycles. The van der Waals surface area contributed by atoms with Gasteiger partial charge in [-0.3, -0.25) is 0 Å². The van der Waals surface area contributed by atoms with Gasteiger partial charge in [-0.2, -0.15) is 0 Å². The highest BCUT2D eigenvalue weighted by Gasteiger charge is 2.17. The summed E-state index contributed by atoms with van der Waals surface area (Å²) in [6.07, 6.45) is 3.44. The van der Waals surface area contributed by atoms with Gasteiger partial charge in [0.2, 0.25) is 0 Å². The number of nitrogens with one attached hydrogen (secondary N) is 2. The Balaban J connectivity index is 0.00000364. The summed E-state index contributed by atoms with van der Waals surface area (Å²) in [5, 5.41) is 7.47. The standard InChI is InChI=1S/C20H33ClN4O.HI/c1-4-17(26-19-11-7-6-10-18(19)21)14-24-20(22-5-2)23-13-16-9-8-12-25(3)15-16;/h6-7,10-11,16-17H,4-5,8-9,12-15H2,1-3H3,(H2,22,23,24);1H. The molecule has 0 saturated carbocycles. The van der Waals surface area contributed by atoms with E-state index in [1.54, 1.807) is 0 Å². The molecule has 1 aliphatic heterocycles. The molecule has 0 aliphatic carbocycles. The van der Waals surface area contributed by atoms with Gasteiger partial charge in [0.05, 0.1) is 11.6 Å². The fraction of sp³-hybridized carbons (Fsp3) is 0.650.